The molecule has 3 rings (SSSR count). The Morgan fingerprint density at radius 1 is 1.38 bits per heavy atom. The summed E-state index contributed by atoms with van der Waals surface area (Å²) in [6.45, 7) is 2.00. The predicted molar refractivity (Wildman–Crippen MR) is 90.2 cm³/mol. The summed E-state index contributed by atoms with van der Waals surface area (Å²) in [5.41, 5.74) is 8.40. The van der Waals surface area contributed by atoms with Gasteiger partial charge in [0.1, 0.15) is 18.0 Å². The van der Waals surface area contributed by atoms with Gasteiger partial charge < -0.3 is 16.0 Å². The average molecular weight is 296 g/mol. The first-order chi connectivity index (χ1) is 10.2. The normalized spacial score (nSPS) is 11.3. The van der Waals surface area contributed by atoms with E-state index in [-0.39, 0.29) is 0 Å². The number of rotatable bonds is 3. The van der Waals surface area contributed by atoms with Crippen molar-refractivity contribution in [3.8, 4) is 0 Å². The number of thiazole rings is 1. The van der Waals surface area contributed by atoms with Crippen LogP contribution in [-0.2, 0) is 0 Å². The zero-order chi connectivity index (χ0) is 14.8. The van der Waals surface area contributed by atoms with Crippen molar-refractivity contribution in [2.45, 2.75) is 6.92 Å². The van der Waals surface area contributed by atoms with Crippen molar-refractivity contribution in [2.24, 2.45) is 4.90 Å². The van der Waals surface area contributed by atoms with Crippen LogP contribution in [0.25, 0.3) is 10.2 Å². The van der Waals surface area contributed by atoms with E-state index in [0.717, 1.165) is 20.9 Å². The molecule has 0 bridgehead atoms. The quantitative estimate of drug-likeness (QED) is 0.567. The smallest absolute Gasteiger partial charge is 0.244 e. The lowest BCUT2D eigenvalue weighted by atomic mass is 10.2. The van der Waals surface area contributed by atoms with Crippen LogP contribution in [-0.4, -0.2) is 29.1 Å². The lowest BCUT2D eigenvalue weighted by Crippen LogP contribution is -2.04. The zero-order valence-corrected chi connectivity index (χ0v) is 12.5. The maximum absolute atomic E-state index is 5.86. The largest absolute Gasteiger partial charge is 0.383 e. The van der Waals surface area contributed by atoms with Crippen LogP contribution < -0.4 is 11.1 Å². The van der Waals surface area contributed by atoms with E-state index in [1.807, 2.05) is 25.1 Å². The Kier molecular flexibility index (Phi) is 3.53. The number of nitrogens with two attached hydrogens (primary N) is 1. The number of aryl methyl sites for hydroxylation is 1. The minimum Gasteiger partial charge on any atom is -0.383 e. The first-order valence-corrected chi connectivity index (χ1v) is 7.16. The number of hydrogen-bond donors (Lipinski definition) is 2. The molecule has 104 valence electrons. The molecule has 2 heterocycles. The molecule has 21 heavy (non-hydrogen) atoms. The molecule has 0 amide bonds. The average Bonchev–Trinajstić information content (AvgIpc) is 2.82. The summed E-state index contributed by atoms with van der Waals surface area (Å²) in [5, 5.41) is 4.29. The summed E-state index contributed by atoms with van der Waals surface area (Å²) in [4.78, 5) is 16.7. The van der Waals surface area contributed by atoms with Gasteiger partial charge in [-0.25, -0.2) is 15.0 Å². The van der Waals surface area contributed by atoms with Gasteiger partial charge in [-0.1, -0.05) is 0 Å². The lowest BCUT2D eigenvalue weighted by Gasteiger charge is -2.09. The fraction of sp³-hybridized carbons (Fsp3) is 0.0769. The first kappa shape index (κ1) is 13.5. The number of aromatic nitrogens is 3. The van der Waals surface area contributed by atoms with Gasteiger partial charge in [0.15, 0.2) is 0 Å². The molecule has 3 N–H and O–H groups in total. The summed E-state index contributed by atoms with van der Waals surface area (Å²) in [5.74, 6) is 1.02. The second-order valence-electron chi connectivity index (χ2n) is 4.45. The fourth-order valence-corrected chi connectivity index (χ4v) is 2.83. The molecule has 0 fully saturated rings. The van der Waals surface area contributed by atoms with Gasteiger partial charge in [-0.3, -0.25) is 0 Å². The number of hydrogen-bond acceptors (Lipinski definition) is 7. The molecule has 0 unspecified atom stereocenters. The zero-order valence-electron chi connectivity index (χ0n) is 11.7. The van der Waals surface area contributed by atoms with Crippen molar-refractivity contribution in [1.82, 2.24) is 15.0 Å². The van der Waals surface area contributed by atoms with Gasteiger partial charge in [0.2, 0.25) is 7.98 Å². The van der Waals surface area contributed by atoms with E-state index in [1.165, 1.54) is 6.33 Å². The highest BCUT2D eigenvalue weighted by molar-refractivity contribution is 7.18. The summed E-state index contributed by atoms with van der Waals surface area (Å²) >= 11 is 1.68. The van der Waals surface area contributed by atoms with Crippen molar-refractivity contribution in [3.63, 3.8) is 0 Å². The molecular weight excluding hydrogens is 283 g/mol. The minimum absolute atomic E-state index is 0.392. The van der Waals surface area contributed by atoms with Crippen LogP contribution in [0.4, 0.5) is 17.3 Å². The highest BCUT2D eigenvalue weighted by Crippen LogP contribution is 2.27. The third kappa shape index (κ3) is 2.70. The van der Waals surface area contributed by atoms with E-state index in [4.69, 9.17) is 5.73 Å². The van der Waals surface area contributed by atoms with E-state index < -0.39 is 0 Å². The van der Waals surface area contributed by atoms with Crippen molar-refractivity contribution >= 4 is 53.1 Å². The Morgan fingerprint density at radius 2 is 2.24 bits per heavy atom. The van der Waals surface area contributed by atoms with E-state index in [9.17, 15) is 0 Å². The predicted octanol–water partition coefficient (Wildman–Crippen LogP) is 1.69. The van der Waals surface area contributed by atoms with E-state index in [0.29, 0.717) is 17.2 Å². The topological polar surface area (TPSA) is 89.1 Å². The van der Waals surface area contributed by atoms with Crippen molar-refractivity contribution in [1.29, 1.82) is 0 Å². The molecule has 0 saturated carbocycles. The Labute approximate surface area is 126 Å². The van der Waals surface area contributed by atoms with Crippen LogP contribution in [0.1, 0.15) is 10.6 Å². The van der Waals surface area contributed by atoms with Crippen LogP contribution in [0.5, 0.6) is 0 Å². The maximum Gasteiger partial charge on any atom is 0.244 e. The molecule has 6 nitrogen and oxygen atoms in total. The highest BCUT2D eigenvalue weighted by atomic mass is 32.1. The summed E-state index contributed by atoms with van der Waals surface area (Å²) < 4.78 is 1.16. The summed E-state index contributed by atoms with van der Waals surface area (Å²) in [6.07, 6.45) is 3.07. The Hall–Kier alpha value is -2.48. The Balaban J connectivity index is 2.00. The van der Waals surface area contributed by atoms with Crippen LogP contribution in [0, 0.1) is 6.92 Å². The Bertz CT molecular complexity index is 829. The van der Waals surface area contributed by atoms with Crippen molar-refractivity contribution < 1.29 is 0 Å². The lowest BCUT2D eigenvalue weighted by molar-refractivity contribution is 1.17. The SMILES string of the molecule is B/N=C/c1c(N)ncnc1Nc1ccc2sc(C)nc2c1. The Morgan fingerprint density at radius 3 is 3.05 bits per heavy atom. The molecule has 0 spiro atoms. The molecule has 0 aliphatic heterocycles. The third-order valence-electron chi connectivity index (χ3n) is 2.93. The molecule has 3 aromatic rings. The number of benzene rings is 1. The fourth-order valence-electron chi connectivity index (χ4n) is 2.02. The van der Waals surface area contributed by atoms with Gasteiger partial charge >= 0.3 is 0 Å². The standard InChI is InChI=1S/C13H13BN6S/c1-7-19-10-4-8(2-3-11(10)21-7)20-13-9(5-18-14)12(15)16-6-17-13/h2-6H,14H2,1H3,(H3,15,16,17,20)/b18-5+. The van der Waals surface area contributed by atoms with Gasteiger partial charge in [0.25, 0.3) is 0 Å². The number of fused-ring (bicyclic) bond motifs is 1. The minimum atomic E-state index is 0.392. The van der Waals surface area contributed by atoms with Crippen molar-refractivity contribution in [2.75, 3.05) is 11.1 Å². The van der Waals surface area contributed by atoms with Gasteiger partial charge in [-0.05, 0) is 25.1 Å². The van der Waals surface area contributed by atoms with Crippen LogP contribution >= 0.6 is 11.3 Å². The van der Waals surface area contributed by atoms with E-state index >= 15 is 0 Å². The monoisotopic (exact) mass is 296 g/mol. The van der Waals surface area contributed by atoms with Gasteiger partial charge in [-0.15, -0.1) is 11.3 Å². The molecule has 1 aromatic carbocycles. The third-order valence-corrected chi connectivity index (χ3v) is 3.88. The molecule has 8 heteroatoms. The second-order valence-corrected chi connectivity index (χ2v) is 5.68. The van der Waals surface area contributed by atoms with Crippen molar-refractivity contribution in [3.05, 3.63) is 35.1 Å². The van der Waals surface area contributed by atoms with E-state index in [1.54, 1.807) is 25.5 Å². The number of nitrogen functional groups attached to an aromatic ring is 1. The molecule has 0 aliphatic carbocycles. The molecule has 0 aliphatic rings. The number of nitrogens with zero attached hydrogens (tertiary/aromatic N) is 4. The highest BCUT2D eigenvalue weighted by Gasteiger charge is 2.08. The van der Waals surface area contributed by atoms with Gasteiger partial charge in [-0.2, -0.15) is 0 Å². The van der Waals surface area contributed by atoms with Crippen LogP contribution in [0.15, 0.2) is 29.4 Å². The second kappa shape index (κ2) is 5.49. The van der Waals surface area contributed by atoms with Gasteiger partial charge in [0.05, 0.1) is 20.8 Å². The van der Waals surface area contributed by atoms with E-state index in [2.05, 4.69) is 25.2 Å². The molecule has 0 atom stereocenters. The maximum atomic E-state index is 5.86. The van der Waals surface area contributed by atoms with Crippen LogP contribution in [0.3, 0.4) is 0 Å². The molecule has 0 radical (unpaired) electrons. The number of nitrogens with one attached hydrogen (secondary N) is 1. The molecule has 0 saturated heterocycles. The number of anilines is 3. The first-order valence-electron chi connectivity index (χ1n) is 6.34. The summed E-state index contributed by atoms with van der Waals surface area (Å²) in [6, 6.07) is 6.02. The van der Waals surface area contributed by atoms with Gasteiger partial charge in [0, 0.05) is 11.9 Å². The summed E-state index contributed by atoms with van der Waals surface area (Å²) in [7, 11) is 1.68. The molecule has 2 aromatic heterocycles. The molecular formula is C13H13BN6S. The van der Waals surface area contributed by atoms with Crippen LogP contribution in [0.2, 0.25) is 0 Å².